The van der Waals surface area contributed by atoms with Crippen molar-refractivity contribution in [1.29, 1.82) is 0 Å². The summed E-state index contributed by atoms with van der Waals surface area (Å²) >= 11 is 0. The number of rotatable bonds is 8. The van der Waals surface area contributed by atoms with Gasteiger partial charge in [0.1, 0.15) is 5.82 Å². The number of aryl methyl sites for hydroxylation is 2. The molecule has 1 fully saturated rings. The van der Waals surface area contributed by atoms with Crippen LogP contribution >= 0.6 is 0 Å². The molecule has 2 aromatic carbocycles. The van der Waals surface area contributed by atoms with Crippen molar-refractivity contribution in [3.8, 4) is 16.9 Å². The summed E-state index contributed by atoms with van der Waals surface area (Å²) in [6.07, 6.45) is -0.607. The van der Waals surface area contributed by atoms with Gasteiger partial charge in [0.2, 0.25) is 0 Å². The normalized spacial score (nSPS) is 23.8. The average molecular weight is 479 g/mol. The molecule has 0 radical (unpaired) electrons. The van der Waals surface area contributed by atoms with Crippen LogP contribution in [-0.2, 0) is 15.9 Å². The van der Waals surface area contributed by atoms with Crippen molar-refractivity contribution in [1.82, 2.24) is 0 Å². The molecular weight excluding hydrogens is 448 g/mol. The van der Waals surface area contributed by atoms with Crippen LogP contribution in [0.15, 0.2) is 30.9 Å². The summed E-state index contributed by atoms with van der Waals surface area (Å²) in [5.41, 5.74) is 0.526. The number of fused-ring (bicyclic) bond motifs is 3. The molecule has 0 N–H and O–H groups in total. The van der Waals surface area contributed by atoms with Gasteiger partial charge in [0.25, 0.3) is 0 Å². The third kappa shape index (κ3) is 4.60. The molecule has 7 heteroatoms. The number of halogens is 4. The highest BCUT2D eigenvalue weighted by atomic mass is 19.2. The zero-order valence-corrected chi connectivity index (χ0v) is 19.5. The lowest BCUT2D eigenvalue weighted by Gasteiger charge is -2.31. The van der Waals surface area contributed by atoms with E-state index in [0.717, 1.165) is 12.8 Å². The monoisotopic (exact) mass is 478 g/mol. The molecule has 2 unspecified atom stereocenters. The van der Waals surface area contributed by atoms with Crippen LogP contribution in [0.3, 0.4) is 0 Å². The Bertz CT molecular complexity index is 1050. The van der Waals surface area contributed by atoms with Crippen LogP contribution in [-0.4, -0.2) is 26.1 Å². The van der Waals surface area contributed by atoms with Gasteiger partial charge in [0.15, 0.2) is 30.2 Å². The second-order valence-corrected chi connectivity index (χ2v) is 8.90. The first-order valence-corrected chi connectivity index (χ1v) is 11.8. The number of hydrogen-bond donors (Lipinski definition) is 0. The van der Waals surface area contributed by atoms with E-state index >= 15 is 13.2 Å². The highest BCUT2D eigenvalue weighted by Gasteiger charge is 2.40. The van der Waals surface area contributed by atoms with Crippen LogP contribution in [0.1, 0.15) is 60.8 Å². The fourth-order valence-electron chi connectivity index (χ4n) is 4.84. The number of benzene rings is 2. The lowest BCUT2D eigenvalue weighted by atomic mass is 9.79. The van der Waals surface area contributed by atoms with Crippen LogP contribution in [0.4, 0.5) is 17.6 Å². The molecule has 0 saturated carbocycles. The molecule has 3 nitrogen and oxygen atoms in total. The molecule has 2 aromatic rings. The minimum Gasteiger partial charge on any atom is -0.491 e. The number of ether oxygens (including phenoxy) is 3. The smallest absolute Gasteiger partial charge is 0.171 e. The zero-order chi connectivity index (χ0) is 24.4. The number of hydrogen-bond acceptors (Lipinski definition) is 3. The van der Waals surface area contributed by atoms with E-state index in [9.17, 15) is 4.39 Å². The van der Waals surface area contributed by atoms with Gasteiger partial charge in [-0.05, 0) is 61.4 Å². The molecule has 1 saturated heterocycles. The molecule has 1 heterocycles. The van der Waals surface area contributed by atoms with E-state index in [1.54, 1.807) is 19.9 Å². The molecule has 0 amide bonds. The van der Waals surface area contributed by atoms with Crippen LogP contribution in [0, 0.1) is 24.5 Å². The third-order valence-corrected chi connectivity index (χ3v) is 6.56. The van der Waals surface area contributed by atoms with Gasteiger partial charge < -0.3 is 14.2 Å². The maximum Gasteiger partial charge on any atom is 0.171 e. The highest BCUT2D eigenvalue weighted by molar-refractivity contribution is 5.79. The molecule has 0 spiro atoms. The first-order chi connectivity index (χ1) is 16.4. The maximum atomic E-state index is 15.5. The Morgan fingerprint density at radius 3 is 2.44 bits per heavy atom. The molecule has 4 rings (SSSR count). The zero-order valence-electron chi connectivity index (χ0n) is 19.5. The van der Waals surface area contributed by atoms with Crippen LogP contribution in [0.5, 0.6) is 5.75 Å². The fourth-order valence-corrected chi connectivity index (χ4v) is 4.84. The van der Waals surface area contributed by atoms with Crippen molar-refractivity contribution >= 4 is 0 Å². The van der Waals surface area contributed by atoms with Gasteiger partial charge in [0.05, 0.1) is 19.8 Å². The summed E-state index contributed by atoms with van der Waals surface area (Å²) in [5.74, 6) is -1.76. The Balaban J connectivity index is 1.58. The lowest BCUT2D eigenvalue weighted by Crippen LogP contribution is -2.32. The van der Waals surface area contributed by atoms with E-state index in [4.69, 9.17) is 14.2 Å². The van der Waals surface area contributed by atoms with Crippen molar-refractivity contribution in [2.24, 2.45) is 5.92 Å². The minimum absolute atomic E-state index is 0.0811. The Morgan fingerprint density at radius 2 is 1.76 bits per heavy atom. The molecule has 1 aliphatic heterocycles. The van der Waals surface area contributed by atoms with E-state index in [2.05, 4.69) is 6.58 Å². The number of alkyl halides is 2. The summed E-state index contributed by atoms with van der Waals surface area (Å²) in [5, 5.41) is 0. The quantitative estimate of drug-likeness (QED) is 0.295. The highest BCUT2D eigenvalue weighted by Crippen LogP contribution is 2.52. The van der Waals surface area contributed by atoms with Crippen molar-refractivity contribution in [2.45, 2.75) is 58.2 Å². The van der Waals surface area contributed by atoms with Crippen molar-refractivity contribution in [3.63, 3.8) is 0 Å². The number of allylic oxidation sites excluding steroid dienone is 1. The Hall–Kier alpha value is -2.38. The molecule has 184 valence electrons. The van der Waals surface area contributed by atoms with E-state index in [0.29, 0.717) is 37.2 Å². The van der Waals surface area contributed by atoms with Gasteiger partial charge in [-0.2, -0.15) is 0 Å². The topological polar surface area (TPSA) is 27.7 Å². The van der Waals surface area contributed by atoms with Crippen molar-refractivity contribution in [2.75, 3.05) is 19.8 Å². The second kappa shape index (κ2) is 10.5. The first kappa shape index (κ1) is 24.7. The van der Waals surface area contributed by atoms with Gasteiger partial charge >= 0.3 is 0 Å². The SMILES string of the molecule is C=CCCC1OCC(CCc2cc(C)c3c(c2F)C(F)C(F)c2c-3ccc(OCC)c2F)CO1. The average Bonchev–Trinajstić information content (AvgIpc) is 2.83. The standard InChI is InChI=1S/C27H30F4O3/c1-4-6-7-20-33-13-16(14-34-20)8-9-17-12-15(3)21-18-10-11-19(32-5-2)25(29)22(18)26(30)27(31)23(21)24(17)28/h4,10-12,16,20,26-27H,1,5-9,13-14H2,2-3H3. The van der Waals surface area contributed by atoms with Gasteiger partial charge in [-0.3, -0.25) is 0 Å². The third-order valence-electron chi connectivity index (χ3n) is 6.56. The predicted molar refractivity (Wildman–Crippen MR) is 122 cm³/mol. The van der Waals surface area contributed by atoms with Crippen LogP contribution in [0.2, 0.25) is 0 Å². The Morgan fingerprint density at radius 1 is 1.06 bits per heavy atom. The van der Waals surface area contributed by atoms with Gasteiger partial charge in [-0.1, -0.05) is 18.2 Å². The van der Waals surface area contributed by atoms with E-state index in [1.807, 2.05) is 6.08 Å². The Labute approximate surface area is 197 Å². The summed E-state index contributed by atoms with van der Waals surface area (Å²) in [4.78, 5) is 0. The molecule has 2 aliphatic rings. The van der Waals surface area contributed by atoms with Crippen LogP contribution < -0.4 is 4.74 Å². The van der Waals surface area contributed by atoms with Gasteiger partial charge in [-0.25, -0.2) is 17.6 Å². The first-order valence-electron chi connectivity index (χ1n) is 11.8. The summed E-state index contributed by atoms with van der Waals surface area (Å²) in [6, 6.07) is 4.50. The van der Waals surface area contributed by atoms with E-state index in [1.165, 1.54) is 12.1 Å². The van der Waals surface area contributed by atoms with Gasteiger partial charge in [-0.15, -0.1) is 6.58 Å². The second-order valence-electron chi connectivity index (χ2n) is 8.90. The molecule has 1 aliphatic carbocycles. The largest absolute Gasteiger partial charge is 0.491 e. The predicted octanol–water partition coefficient (Wildman–Crippen LogP) is 7.26. The summed E-state index contributed by atoms with van der Waals surface area (Å²) in [6.45, 7) is 8.26. The molecule has 2 atom stereocenters. The summed E-state index contributed by atoms with van der Waals surface area (Å²) < 4.78 is 77.4. The molecule has 34 heavy (non-hydrogen) atoms. The van der Waals surface area contributed by atoms with E-state index < -0.39 is 29.5 Å². The molecule has 0 bridgehead atoms. The molecular formula is C27H30F4O3. The summed E-state index contributed by atoms with van der Waals surface area (Å²) in [7, 11) is 0. The molecule has 0 aromatic heterocycles. The lowest BCUT2D eigenvalue weighted by molar-refractivity contribution is -0.203. The van der Waals surface area contributed by atoms with E-state index in [-0.39, 0.29) is 41.3 Å². The Kier molecular flexibility index (Phi) is 7.63. The maximum absolute atomic E-state index is 15.5. The van der Waals surface area contributed by atoms with Gasteiger partial charge in [0, 0.05) is 23.5 Å². The van der Waals surface area contributed by atoms with Crippen LogP contribution in [0.25, 0.3) is 11.1 Å². The van der Waals surface area contributed by atoms with Crippen molar-refractivity contribution < 1.29 is 31.8 Å². The minimum atomic E-state index is -2.32. The van der Waals surface area contributed by atoms with Crippen molar-refractivity contribution in [3.05, 3.63) is 64.7 Å². The fraction of sp³-hybridized carbons (Fsp3) is 0.481.